The predicted octanol–water partition coefficient (Wildman–Crippen LogP) is 2.98. The second-order valence-corrected chi connectivity index (χ2v) is 6.49. The maximum atomic E-state index is 12.6. The van der Waals surface area contributed by atoms with Crippen molar-refractivity contribution in [3.8, 4) is 0 Å². The van der Waals surface area contributed by atoms with Crippen molar-refractivity contribution >= 4 is 40.8 Å². The van der Waals surface area contributed by atoms with Crippen LogP contribution in [0.2, 0.25) is 10.0 Å². The Labute approximate surface area is 136 Å². The lowest BCUT2D eigenvalue weighted by atomic mass is 9.75. The highest BCUT2D eigenvalue weighted by atomic mass is 35.5. The molecule has 7 heteroatoms. The lowest BCUT2D eigenvalue weighted by molar-refractivity contribution is -0.146. The summed E-state index contributed by atoms with van der Waals surface area (Å²) in [5.74, 6) is -3.22. The van der Waals surface area contributed by atoms with Crippen molar-refractivity contribution in [1.82, 2.24) is 0 Å². The minimum atomic E-state index is -1.05. The van der Waals surface area contributed by atoms with E-state index < -0.39 is 35.4 Å². The Morgan fingerprint density at radius 3 is 2.50 bits per heavy atom. The van der Waals surface area contributed by atoms with Crippen LogP contribution in [0.1, 0.15) is 6.92 Å². The van der Waals surface area contributed by atoms with E-state index in [1.54, 1.807) is 37.3 Å². The molecule has 5 nitrogen and oxygen atoms in total. The van der Waals surface area contributed by atoms with Gasteiger partial charge in [-0.15, -0.1) is 0 Å². The molecule has 22 heavy (non-hydrogen) atoms. The lowest BCUT2D eigenvalue weighted by Crippen LogP contribution is -2.44. The molecule has 2 bridgehead atoms. The summed E-state index contributed by atoms with van der Waals surface area (Å²) in [6.07, 6.45) is 2.85. The number of carboxylic acid groups (broad SMARTS) is 1. The number of hydrogen-bond donors (Lipinski definition) is 2. The molecule has 2 heterocycles. The maximum absolute atomic E-state index is 12.6. The highest BCUT2D eigenvalue weighted by Crippen LogP contribution is 2.47. The Balaban J connectivity index is 1.87. The average Bonchev–Trinajstić information content (AvgIpc) is 2.90. The molecule has 4 atom stereocenters. The highest BCUT2D eigenvalue weighted by Gasteiger charge is 2.59. The molecule has 1 aromatic rings. The van der Waals surface area contributed by atoms with Gasteiger partial charge in [0.25, 0.3) is 0 Å². The van der Waals surface area contributed by atoms with E-state index in [2.05, 4.69) is 5.32 Å². The van der Waals surface area contributed by atoms with Crippen LogP contribution < -0.4 is 5.32 Å². The van der Waals surface area contributed by atoms with E-state index in [0.29, 0.717) is 15.7 Å². The van der Waals surface area contributed by atoms with Crippen LogP contribution in [0.15, 0.2) is 30.4 Å². The van der Waals surface area contributed by atoms with Crippen LogP contribution in [0.3, 0.4) is 0 Å². The number of anilines is 1. The van der Waals surface area contributed by atoms with Crippen LogP contribution in [-0.2, 0) is 14.3 Å². The molecule has 1 fully saturated rings. The Bertz CT molecular complexity index is 670. The molecule has 0 spiro atoms. The number of carboxylic acids is 1. The zero-order valence-corrected chi connectivity index (χ0v) is 13.1. The molecule has 0 unspecified atom stereocenters. The first-order valence-electron chi connectivity index (χ1n) is 6.67. The third kappa shape index (κ3) is 2.49. The van der Waals surface area contributed by atoms with Gasteiger partial charge in [0.2, 0.25) is 5.91 Å². The number of rotatable bonds is 3. The van der Waals surface area contributed by atoms with Gasteiger partial charge in [-0.05, 0) is 25.1 Å². The zero-order valence-electron chi connectivity index (χ0n) is 11.5. The average molecular weight is 342 g/mol. The summed E-state index contributed by atoms with van der Waals surface area (Å²) in [7, 11) is 0. The minimum Gasteiger partial charge on any atom is -0.481 e. The van der Waals surface area contributed by atoms with E-state index >= 15 is 0 Å². The van der Waals surface area contributed by atoms with Gasteiger partial charge in [-0.3, -0.25) is 9.59 Å². The molecule has 1 saturated heterocycles. The monoisotopic (exact) mass is 341 g/mol. The Hall–Kier alpha value is -1.56. The van der Waals surface area contributed by atoms with Gasteiger partial charge in [-0.2, -0.15) is 0 Å². The summed E-state index contributed by atoms with van der Waals surface area (Å²) < 4.78 is 5.65. The topological polar surface area (TPSA) is 75.6 Å². The van der Waals surface area contributed by atoms with Crippen molar-refractivity contribution in [2.45, 2.75) is 18.6 Å². The van der Waals surface area contributed by atoms with Gasteiger partial charge in [-0.1, -0.05) is 35.4 Å². The summed E-state index contributed by atoms with van der Waals surface area (Å²) >= 11 is 11.8. The normalized spacial score (nSPS) is 32.2. The second kappa shape index (κ2) is 5.26. The van der Waals surface area contributed by atoms with Crippen LogP contribution in [-0.4, -0.2) is 28.7 Å². The molecule has 2 aliphatic rings. The fraction of sp³-hybridized carbons (Fsp3) is 0.333. The third-order valence-electron chi connectivity index (χ3n) is 4.04. The highest BCUT2D eigenvalue weighted by molar-refractivity contribution is 6.35. The summed E-state index contributed by atoms with van der Waals surface area (Å²) in [6, 6.07) is 4.64. The Morgan fingerprint density at radius 1 is 1.27 bits per heavy atom. The number of carbonyl (C=O) groups excluding carboxylic acids is 1. The quantitative estimate of drug-likeness (QED) is 0.828. The number of ether oxygens (including phenoxy) is 1. The number of hydrogen-bond acceptors (Lipinski definition) is 3. The van der Waals surface area contributed by atoms with Gasteiger partial charge < -0.3 is 15.2 Å². The van der Waals surface area contributed by atoms with Gasteiger partial charge in [0.1, 0.15) is 5.92 Å². The number of amides is 1. The summed E-state index contributed by atoms with van der Waals surface area (Å²) in [6.45, 7) is 1.71. The first kappa shape index (κ1) is 15.3. The van der Waals surface area contributed by atoms with Gasteiger partial charge in [0, 0.05) is 15.7 Å². The summed E-state index contributed by atoms with van der Waals surface area (Å²) in [5, 5.41) is 12.8. The lowest BCUT2D eigenvalue weighted by Gasteiger charge is -2.27. The van der Waals surface area contributed by atoms with Crippen molar-refractivity contribution in [2.24, 2.45) is 11.8 Å². The predicted molar refractivity (Wildman–Crippen MR) is 82.1 cm³/mol. The SMILES string of the molecule is C[C@@]12C=C[C@@H](O1)[C@H](C(=O)O)[C@@H]2C(=O)Nc1cc(Cl)cc(Cl)c1. The molecular formula is C15H13Cl2NO4. The second-order valence-electron chi connectivity index (χ2n) is 5.61. The number of nitrogens with one attached hydrogen (secondary N) is 1. The number of benzene rings is 1. The number of fused-ring (bicyclic) bond motifs is 2. The van der Waals surface area contributed by atoms with Crippen LogP contribution in [0.5, 0.6) is 0 Å². The van der Waals surface area contributed by atoms with E-state index in [9.17, 15) is 14.7 Å². The van der Waals surface area contributed by atoms with Gasteiger partial charge in [0.05, 0.1) is 17.6 Å². The molecule has 116 valence electrons. The van der Waals surface area contributed by atoms with Gasteiger partial charge >= 0.3 is 5.97 Å². The van der Waals surface area contributed by atoms with Crippen LogP contribution in [0.4, 0.5) is 5.69 Å². The molecule has 0 aromatic heterocycles. The van der Waals surface area contributed by atoms with Crippen LogP contribution >= 0.6 is 23.2 Å². The van der Waals surface area contributed by atoms with Crippen LogP contribution in [0.25, 0.3) is 0 Å². The van der Waals surface area contributed by atoms with E-state index in [1.165, 1.54) is 0 Å². The first-order chi connectivity index (χ1) is 10.3. The van der Waals surface area contributed by atoms with Crippen molar-refractivity contribution in [2.75, 3.05) is 5.32 Å². The third-order valence-corrected chi connectivity index (χ3v) is 4.47. The number of carbonyl (C=O) groups is 2. The molecule has 0 aliphatic carbocycles. The zero-order chi connectivity index (χ0) is 16.1. The fourth-order valence-electron chi connectivity index (χ4n) is 3.13. The molecule has 2 aliphatic heterocycles. The minimum absolute atomic E-state index is 0.382. The van der Waals surface area contributed by atoms with Crippen LogP contribution in [0, 0.1) is 11.8 Å². The fourth-order valence-corrected chi connectivity index (χ4v) is 3.65. The van der Waals surface area contributed by atoms with Crippen molar-refractivity contribution < 1.29 is 19.4 Å². The standard InChI is InChI=1S/C15H13Cl2NO4/c1-15-3-2-10(22-15)11(14(20)21)12(15)13(19)18-9-5-7(16)4-8(17)6-9/h2-6,10-12H,1H3,(H,18,19)(H,20,21)/t10-,11+,12-,15+/m1/s1. The molecule has 0 radical (unpaired) electrons. The van der Waals surface area contributed by atoms with E-state index in [0.717, 1.165) is 0 Å². The summed E-state index contributed by atoms with van der Waals surface area (Å²) in [5.41, 5.74) is -0.498. The smallest absolute Gasteiger partial charge is 0.310 e. The molecular weight excluding hydrogens is 329 g/mol. The molecule has 1 amide bonds. The van der Waals surface area contributed by atoms with Gasteiger partial charge in [0.15, 0.2) is 0 Å². The van der Waals surface area contributed by atoms with E-state index in [4.69, 9.17) is 27.9 Å². The first-order valence-corrected chi connectivity index (χ1v) is 7.43. The number of aliphatic carboxylic acids is 1. The molecule has 2 N–H and O–H groups in total. The van der Waals surface area contributed by atoms with Crippen molar-refractivity contribution in [1.29, 1.82) is 0 Å². The van der Waals surface area contributed by atoms with Crippen molar-refractivity contribution in [3.05, 3.63) is 40.4 Å². The van der Waals surface area contributed by atoms with E-state index in [-0.39, 0.29) is 0 Å². The van der Waals surface area contributed by atoms with Gasteiger partial charge in [-0.25, -0.2) is 0 Å². The van der Waals surface area contributed by atoms with Crippen molar-refractivity contribution in [3.63, 3.8) is 0 Å². The largest absolute Gasteiger partial charge is 0.481 e. The molecule has 3 rings (SSSR count). The Morgan fingerprint density at radius 2 is 1.91 bits per heavy atom. The number of halogens is 2. The Kier molecular flexibility index (Phi) is 3.67. The summed E-state index contributed by atoms with van der Waals surface area (Å²) in [4.78, 5) is 24.0. The molecule has 1 aromatic carbocycles. The van der Waals surface area contributed by atoms with E-state index in [1.807, 2.05) is 0 Å². The molecule has 0 saturated carbocycles. The maximum Gasteiger partial charge on any atom is 0.310 e.